The summed E-state index contributed by atoms with van der Waals surface area (Å²) in [6.45, 7) is 2.34. The standard InChI is InChI=1S/C9H12N4O/c1-6-13-8-3-2-7(11-5-12-10)4-9(8)14-6/h2-4,11-12H,5,10H2,1H3. The summed E-state index contributed by atoms with van der Waals surface area (Å²) in [5, 5.41) is 3.07. The van der Waals surface area contributed by atoms with Crippen molar-refractivity contribution < 1.29 is 4.42 Å². The fraction of sp³-hybridized carbons (Fsp3) is 0.222. The van der Waals surface area contributed by atoms with E-state index < -0.39 is 0 Å². The third-order valence-corrected chi connectivity index (χ3v) is 1.89. The van der Waals surface area contributed by atoms with Crippen molar-refractivity contribution in [3.8, 4) is 0 Å². The van der Waals surface area contributed by atoms with E-state index in [9.17, 15) is 0 Å². The van der Waals surface area contributed by atoms with Gasteiger partial charge in [-0.15, -0.1) is 0 Å². The zero-order chi connectivity index (χ0) is 9.97. The van der Waals surface area contributed by atoms with Crippen LogP contribution in [0.5, 0.6) is 0 Å². The maximum atomic E-state index is 5.39. The summed E-state index contributed by atoms with van der Waals surface area (Å²) in [4.78, 5) is 4.20. The Kier molecular flexibility index (Phi) is 2.34. The molecule has 0 radical (unpaired) electrons. The summed E-state index contributed by atoms with van der Waals surface area (Å²) < 4.78 is 5.39. The molecule has 4 N–H and O–H groups in total. The van der Waals surface area contributed by atoms with Gasteiger partial charge in [-0.1, -0.05) is 0 Å². The highest BCUT2D eigenvalue weighted by atomic mass is 16.3. The molecule has 0 atom stereocenters. The zero-order valence-electron chi connectivity index (χ0n) is 7.87. The van der Waals surface area contributed by atoms with Crippen molar-refractivity contribution in [3.05, 3.63) is 24.1 Å². The highest BCUT2D eigenvalue weighted by Crippen LogP contribution is 2.19. The van der Waals surface area contributed by atoms with Gasteiger partial charge in [0.1, 0.15) is 5.52 Å². The SMILES string of the molecule is Cc1nc2ccc(NCNN)cc2o1. The van der Waals surface area contributed by atoms with Gasteiger partial charge >= 0.3 is 0 Å². The summed E-state index contributed by atoms with van der Waals surface area (Å²) in [7, 11) is 0. The van der Waals surface area contributed by atoms with Crippen molar-refractivity contribution in [3.63, 3.8) is 0 Å². The lowest BCUT2D eigenvalue weighted by atomic mass is 10.3. The number of nitrogens with zero attached hydrogens (tertiary/aromatic N) is 1. The van der Waals surface area contributed by atoms with Crippen LogP contribution < -0.4 is 16.6 Å². The van der Waals surface area contributed by atoms with Gasteiger partial charge in [-0.05, 0) is 12.1 Å². The molecule has 0 unspecified atom stereocenters. The molecule has 5 nitrogen and oxygen atoms in total. The Morgan fingerprint density at radius 1 is 1.50 bits per heavy atom. The third kappa shape index (κ3) is 1.68. The second-order valence-electron chi connectivity index (χ2n) is 2.97. The number of rotatable bonds is 3. The van der Waals surface area contributed by atoms with E-state index in [1.165, 1.54) is 0 Å². The summed E-state index contributed by atoms with van der Waals surface area (Å²) in [5.74, 6) is 5.82. The Morgan fingerprint density at radius 2 is 2.36 bits per heavy atom. The molecule has 0 saturated heterocycles. The van der Waals surface area contributed by atoms with Crippen molar-refractivity contribution in [2.75, 3.05) is 12.0 Å². The van der Waals surface area contributed by atoms with E-state index in [1.54, 1.807) is 0 Å². The Labute approximate surface area is 81.3 Å². The van der Waals surface area contributed by atoms with Crippen molar-refractivity contribution >= 4 is 16.8 Å². The number of anilines is 1. The van der Waals surface area contributed by atoms with Crippen LogP contribution in [0.15, 0.2) is 22.6 Å². The number of hydrazine groups is 1. The number of hydrogen-bond acceptors (Lipinski definition) is 5. The molecule has 1 aromatic heterocycles. The summed E-state index contributed by atoms with van der Waals surface area (Å²) >= 11 is 0. The van der Waals surface area contributed by atoms with E-state index in [0.717, 1.165) is 16.8 Å². The molecule has 0 aliphatic rings. The van der Waals surface area contributed by atoms with Gasteiger partial charge in [-0.3, -0.25) is 5.84 Å². The number of oxazole rings is 1. The summed E-state index contributed by atoms with van der Waals surface area (Å²) in [6, 6.07) is 5.74. The summed E-state index contributed by atoms with van der Waals surface area (Å²) in [5.41, 5.74) is 5.11. The number of hydrogen-bond donors (Lipinski definition) is 3. The molecule has 1 heterocycles. The molecular weight excluding hydrogens is 180 g/mol. The fourth-order valence-electron chi connectivity index (χ4n) is 1.30. The molecule has 0 saturated carbocycles. The largest absolute Gasteiger partial charge is 0.441 e. The number of aromatic nitrogens is 1. The van der Waals surface area contributed by atoms with Crippen LogP contribution in [0.4, 0.5) is 5.69 Å². The number of fused-ring (bicyclic) bond motifs is 1. The van der Waals surface area contributed by atoms with Gasteiger partial charge in [0.15, 0.2) is 11.5 Å². The second kappa shape index (κ2) is 3.65. The first kappa shape index (κ1) is 8.98. The maximum absolute atomic E-state index is 5.39. The lowest BCUT2D eigenvalue weighted by Gasteiger charge is -2.03. The Hall–Kier alpha value is -1.59. The van der Waals surface area contributed by atoms with Crippen LogP contribution in [0, 0.1) is 6.92 Å². The first-order valence-electron chi connectivity index (χ1n) is 4.34. The molecule has 2 aromatic rings. The van der Waals surface area contributed by atoms with E-state index in [-0.39, 0.29) is 0 Å². The molecule has 2 rings (SSSR count). The van der Waals surface area contributed by atoms with Crippen LogP contribution in [-0.4, -0.2) is 11.7 Å². The van der Waals surface area contributed by atoms with Crippen LogP contribution in [0.1, 0.15) is 5.89 Å². The monoisotopic (exact) mass is 192 g/mol. The molecule has 0 bridgehead atoms. The van der Waals surface area contributed by atoms with Gasteiger partial charge < -0.3 is 9.73 Å². The van der Waals surface area contributed by atoms with Gasteiger partial charge in [-0.25, -0.2) is 10.4 Å². The van der Waals surface area contributed by atoms with Gasteiger partial charge in [-0.2, -0.15) is 0 Å². The summed E-state index contributed by atoms with van der Waals surface area (Å²) in [6.07, 6.45) is 0. The van der Waals surface area contributed by atoms with E-state index >= 15 is 0 Å². The van der Waals surface area contributed by atoms with Crippen LogP contribution in [0.2, 0.25) is 0 Å². The predicted octanol–water partition coefficient (Wildman–Crippen LogP) is 0.969. The zero-order valence-corrected chi connectivity index (χ0v) is 7.87. The van der Waals surface area contributed by atoms with Crippen molar-refractivity contribution in [2.45, 2.75) is 6.92 Å². The first-order chi connectivity index (χ1) is 6.79. The molecule has 5 heteroatoms. The smallest absolute Gasteiger partial charge is 0.192 e. The predicted molar refractivity (Wildman–Crippen MR) is 54.6 cm³/mol. The molecule has 1 aromatic carbocycles. The van der Waals surface area contributed by atoms with Crippen molar-refractivity contribution in [2.24, 2.45) is 5.84 Å². The Morgan fingerprint density at radius 3 is 3.14 bits per heavy atom. The molecule has 0 amide bonds. The topological polar surface area (TPSA) is 76.1 Å². The minimum absolute atomic E-state index is 0.513. The van der Waals surface area contributed by atoms with Gasteiger partial charge in [0.25, 0.3) is 0 Å². The molecule has 0 spiro atoms. The van der Waals surface area contributed by atoms with E-state index in [2.05, 4.69) is 15.7 Å². The quantitative estimate of drug-likeness (QED) is 0.384. The normalized spacial score (nSPS) is 10.7. The van der Waals surface area contributed by atoms with Gasteiger partial charge in [0.2, 0.25) is 0 Å². The van der Waals surface area contributed by atoms with Crippen LogP contribution >= 0.6 is 0 Å². The number of nitrogens with one attached hydrogen (secondary N) is 2. The number of nitrogens with two attached hydrogens (primary N) is 1. The van der Waals surface area contributed by atoms with Crippen LogP contribution in [0.3, 0.4) is 0 Å². The average Bonchev–Trinajstić information content (AvgIpc) is 2.54. The molecule has 0 aliphatic carbocycles. The van der Waals surface area contributed by atoms with Gasteiger partial charge in [0.05, 0.1) is 6.67 Å². The van der Waals surface area contributed by atoms with Crippen LogP contribution in [0.25, 0.3) is 11.1 Å². The number of benzene rings is 1. The first-order valence-corrected chi connectivity index (χ1v) is 4.34. The third-order valence-electron chi connectivity index (χ3n) is 1.89. The minimum atomic E-state index is 0.513. The van der Waals surface area contributed by atoms with E-state index in [1.807, 2.05) is 25.1 Å². The average molecular weight is 192 g/mol. The highest BCUT2D eigenvalue weighted by molar-refractivity contribution is 5.77. The maximum Gasteiger partial charge on any atom is 0.192 e. The Bertz CT molecular complexity index is 437. The highest BCUT2D eigenvalue weighted by Gasteiger charge is 2.01. The molecular formula is C9H12N4O. The van der Waals surface area contributed by atoms with Crippen LogP contribution in [-0.2, 0) is 0 Å². The second-order valence-corrected chi connectivity index (χ2v) is 2.97. The molecule has 0 aliphatic heterocycles. The van der Waals surface area contributed by atoms with Gasteiger partial charge in [0, 0.05) is 18.7 Å². The lowest BCUT2D eigenvalue weighted by Crippen LogP contribution is -2.28. The van der Waals surface area contributed by atoms with Crippen molar-refractivity contribution in [1.29, 1.82) is 0 Å². The van der Waals surface area contributed by atoms with E-state index in [4.69, 9.17) is 10.3 Å². The molecule has 14 heavy (non-hydrogen) atoms. The lowest BCUT2D eigenvalue weighted by molar-refractivity contribution is 0.561. The minimum Gasteiger partial charge on any atom is -0.441 e. The molecule has 74 valence electrons. The van der Waals surface area contributed by atoms with Crippen molar-refractivity contribution in [1.82, 2.24) is 10.4 Å². The fourth-order valence-corrected chi connectivity index (χ4v) is 1.30. The molecule has 0 fully saturated rings. The Balaban J connectivity index is 2.31. The number of aryl methyl sites for hydroxylation is 1. The van der Waals surface area contributed by atoms with E-state index in [0.29, 0.717) is 12.6 Å².